The molecule has 1 unspecified atom stereocenters. The minimum absolute atomic E-state index is 0.0397. The molecule has 0 aromatic heterocycles. The SMILES string of the molecule is COCCNC(CC(=O)O)Cc1ccc2c(c1)CCC2. The highest BCUT2D eigenvalue weighted by atomic mass is 16.5. The van der Waals surface area contributed by atoms with Gasteiger partial charge in [0.1, 0.15) is 0 Å². The molecule has 0 saturated carbocycles. The van der Waals surface area contributed by atoms with Crippen molar-refractivity contribution in [2.45, 2.75) is 38.1 Å². The number of nitrogens with one attached hydrogen (secondary N) is 1. The van der Waals surface area contributed by atoms with Gasteiger partial charge in [0.2, 0.25) is 0 Å². The second-order valence-corrected chi connectivity index (χ2v) is 5.40. The molecule has 0 amide bonds. The lowest BCUT2D eigenvalue weighted by atomic mass is 9.99. The molecule has 1 aromatic carbocycles. The Morgan fingerprint density at radius 3 is 2.95 bits per heavy atom. The quantitative estimate of drug-likeness (QED) is 0.711. The molecular weight excluding hydrogens is 254 g/mol. The number of carboxylic acids is 1. The summed E-state index contributed by atoms with van der Waals surface area (Å²) in [6.45, 7) is 1.28. The van der Waals surface area contributed by atoms with Crippen LogP contribution in [0.2, 0.25) is 0 Å². The molecule has 1 aliphatic carbocycles. The highest BCUT2D eigenvalue weighted by Gasteiger charge is 2.16. The standard InChI is InChI=1S/C16H23NO3/c1-20-8-7-17-15(11-16(18)19)10-12-5-6-13-3-2-4-14(13)9-12/h5-6,9,15,17H,2-4,7-8,10-11H2,1H3,(H,18,19). The van der Waals surface area contributed by atoms with Crippen molar-refractivity contribution in [2.75, 3.05) is 20.3 Å². The van der Waals surface area contributed by atoms with Crippen molar-refractivity contribution < 1.29 is 14.6 Å². The van der Waals surface area contributed by atoms with Crippen molar-refractivity contribution in [1.29, 1.82) is 0 Å². The van der Waals surface area contributed by atoms with E-state index < -0.39 is 5.97 Å². The van der Waals surface area contributed by atoms with E-state index in [-0.39, 0.29) is 12.5 Å². The van der Waals surface area contributed by atoms with Gasteiger partial charge in [0, 0.05) is 19.7 Å². The fraction of sp³-hybridized carbons (Fsp3) is 0.562. The van der Waals surface area contributed by atoms with Crippen LogP contribution in [0.15, 0.2) is 18.2 Å². The van der Waals surface area contributed by atoms with Gasteiger partial charge < -0.3 is 15.2 Å². The molecule has 1 atom stereocenters. The van der Waals surface area contributed by atoms with Gasteiger partial charge in [0.15, 0.2) is 0 Å². The third kappa shape index (κ3) is 4.32. The summed E-state index contributed by atoms with van der Waals surface area (Å²) >= 11 is 0. The minimum atomic E-state index is -0.763. The minimum Gasteiger partial charge on any atom is -0.481 e. The van der Waals surface area contributed by atoms with Crippen LogP contribution < -0.4 is 5.32 Å². The Bertz CT molecular complexity index is 459. The van der Waals surface area contributed by atoms with E-state index in [4.69, 9.17) is 9.84 Å². The molecule has 0 fully saturated rings. The number of hydrogen-bond donors (Lipinski definition) is 2. The molecule has 0 spiro atoms. The summed E-state index contributed by atoms with van der Waals surface area (Å²) in [6.07, 6.45) is 4.47. The molecule has 0 bridgehead atoms. The van der Waals surface area contributed by atoms with Crippen molar-refractivity contribution in [3.63, 3.8) is 0 Å². The number of carbonyl (C=O) groups is 1. The van der Waals surface area contributed by atoms with Crippen molar-refractivity contribution in [2.24, 2.45) is 0 Å². The number of aliphatic carboxylic acids is 1. The van der Waals surface area contributed by atoms with Crippen molar-refractivity contribution in [3.05, 3.63) is 34.9 Å². The molecule has 110 valence electrons. The predicted molar refractivity (Wildman–Crippen MR) is 78.1 cm³/mol. The van der Waals surface area contributed by atoms with E-state index in [2.05, 4.69) is 23.5 Å². The summed E-state index contributed by atoms with van der Waals surface area (Å²) in [6, 6.07) is 6.54. The second-order valence-electron chi connectivity index (χ2n) is 5.40. The number of benzene rings is 1. The third-order valence-corrected chi connectivity index (χ3v) is 3.81. The van der Waals surface area contributed by atoms with E-state index >= 15 is 0 Å². The van der Waals surface area contributed by atoms with Crippen molar-refractivity contribution in [1.82, 2.24) is 5.32 Å². The molecule has 4 nitrogen and oxygen atoms in total. The van der Waals surface area contributed by atoms with Gasteiger partial charge in [0.25, 0.3) is 0 Å². The molecule has 0 radical (unpaired) electrons. The van der Waals surface area contributed by atoms with Crippen LogP contribution >= 0.6 is 0 Å². The zero-order valence-electron chi connectivity index (χ0n) is 12.0. The predicted octanol–water partition coefficient (Wildman–Crippen LogP) is 1.80. The summed E-state index contributed by atoms with van der Waals surface area (Å²) in [5.74, 6) is -0.763. The molecule has 0 heterocycles. The molecule has 2 N–H and O–H groups in total. The summed E-state index contributed by atoms with van der Waals surface area (Å²) in [5, 5.41) is 12.3. The van der Waals surface area contributed by atoms with Crippen LogP contribution in [0.1, 0.15) is 29.5 Å². The first-order chi connectivity index (χ1) is 9.69. The smallest absolute Gasteiger partial charge is 0.304 e. The van der Waals surface area contributed by atoms with E-state index in [0.29, 0.717) is 13.2 Å². The van der Waals surface area contributed by atoms with Gasteiger partial charge in [-0.3, -0.25) is 4.79 Å². The maximum Gasteiger partial charge on any atom is 0.304 e. The number of rotatable bonds is 8. The van der Waals surface area contributed by atoms with E-state index in [1.54, 1.807) is 7.11 Å². The number of fused-ring (bicyclic) bond motifs is 1. The van der Waals surface area contributed by atoms with Gasteiger partial charge in [0.05, 0.1) is 13.0 Å². The van der Waals surface area contributed by atoms with E-state index in [0.717, 1.165) is 12.8 Å². The first-order valence-electron chi connectivity index (χ1n) is 7.24. The van der Waals surface area contributed by atoms with E-state index in [1.165, 1.54) is 29.5 Å². The number of carboxylic acid groups (broad SMARTS) is 1. The van der Waals surface area contributed by atoms with Crippen LogP contribution in [0.3, 0.4) is 0 Å². The highest BCUT2D eigenvalue weighted by molar-refractivity contribution is 5.67. The lowest BCUT2D eigenvalue weighted by Crippen LogP contribution is -2.35. The Morgan fingerprint density at radius 2 is 2.20 bits per heavy atom. The highest BCUT2D eigenvalue weighted by Crippen LogP contribution is 2.23. The first kappa shape index (κ1) is 15.0. The lowest BCUT2D eigenvalue weighted by Gasteiger charge is -2.17. The van der Waals surface area contributed by atoms with Crippen LogP contribution in [-0.2, 0) is 28.8 Å². The molecule has 4 heteroatoms. The zero-order valence-corrected chi connectivity index (χ0v) is 12.0. The lowest BCUT2D eigenvalue weighted by molar-refractivity contribution is -0.137. The number of methoxy groups -OCH3 is 1. The second kappa shape index (κ2) is 7.41. The summed E-state index contributed by atoms with van der Waals surface area (Å²) in [5.41, 5.74) is 4.12. The number of hydrogen-bond acceptors (Lipinski definition) is 3. The van der Waals surface area contributed by atoms with Gasteiger partial charge in [-0.25, -0.2) is 0 Å². The summed E-state index contributed by atoms with van der Waals surface area (Å²) < 4.78 is 5.00. The van der Waals surface area contributed by atoms with E-state index in [1.807, 2.05) is 0 Å². The van der Waals surface area contributed by atoms with Crippen molar-refractivity contribution >= 4 is 5.97 Å². The van der Waals surface area contributed by atoms with Gasteiger partial charge in [-0.1, -0.05) is 18.2 Å². The molecular formula is C16H23NO3. The van der Waals surface area contributed by atoms with Crippen molar-refractivity contribution in [3.8, 4) is 0 Å². The normalized spacial score (nSPS) is 15.1. The number of ether oxygens (including phenoxy) is 1. The van der Waals surface area contributed by atoms with Gasteiger partial charge in [-0.15, -0.1) is 0 Å². The van der Waals surface area contributed by atoms with Crippen LogP contribution in [0.4, 0.5) is 0 Å². The Labute approximate surface area is 120 Å². The average molecular weight is 277 g/mol. The van der Waals surface area contributed by atoms with Crippen LogP contribution in [-0.4, -0.2) is 37.4 Å². The maximum atomic E-state index is 10.9. The first-order valence-corrected chi connectivity index (χ1v) is 7.24. The number of aryl methyl sites for hydroxylation is 2. The van der Waals surface area contributed by atoms with Gasteiger partial charge in [-0.2, -0.15) is 0 Å². The van der Waals surface area contributed by atoms with E-state index in [9.17, 15) is 4.79 Å². The third-order valence-electron chi connectivity index (χ3n) is 3.81. The van der Waals surface area contributed by atoms with Gasteiger partial charge in [-0.05, 0) is 42.4 Å². The molecule has 20 heavy (non-hydrogen) atoms. The fourth-order valence-corrected chi connectivity index (χ4v) is 2.83. The monoisotopic (exact) mass is 277 g/mol. The molecule has 0 saturated heterocycles. The average Bonchev–Trinajstić information content (AvgIpc) is 2.85. The Hall–Kier alpha value is -1.39. The Kier molecular flexibility index (Phi) is 5.56. The Balaban J connectivity index is 1.96. The Morgan fingerprint density at radius 1 is 1.40 bits per heavy atom. The maximum absolute atomic E-state index is 10.9. The molecule has 0 aliphatic heterocycles. The molecule has 1 aromatic rings. The topological polar surface area (TPSA) is 58.6 Å². The van der Waals surface area contributed by atoms with Crippen LogP contribution in [0.25, 0.3) is 0 Å². The molecule has 2 rings (SSSR count). The summed E-state index contributed by atoms with van der Waals surface area (Å²) in [4.78, 5) is 10.9. The zero-order chi connectivity index (χ0) is 14.4. The fourth-order valence-electron chi connectivity index (χ4n) is 2.83. The summed E-state index contributed by atoms with van der Waals surface area (Å²) in [7, 11) is 1.65. The molecule has 1 aliphatic rings. The largest absolute Gasteiger partial charge is 0.481 e. The van der Waals surface area contributed by atoms with Crippen LogP contribution in [0.5, 0.6) is 0 Å². The van der Waals surface area contributed by atoms with Crippen LogP contribution in [0, 0.1) is 0 Å². The van der Waals surface area contributed by atoms with Gasteiger partial charge >= 0.3 is 5.97 Å².